The van der Waals surface area contributed by atoms with E-state index in [0.29, 0.717) is 66.3 Å². The van der Waals surface area contributed by atoms with Crippen molar-refractivity contribution in [1.82, 2.24) is 25.4 Å². The van der Waals surface area contributed by atoms with Crippen LogP contribution < -0.4 is 15.4 Å². The average molecular weight is 694 g/mol. The number of hydrogen-bond donors (Lipinski definition) is 2. The number of aromatic nitrogens is 1. The van der Waals surface area contributed by atoms with Gasteiger partial charge in [0.05, 0.1) is 12.2 Å². The second-order valence-electron chi connectivity index (χ2n) is 13.7. The second kappa shape index (κ2) is 14.0. The molecular weight excluding hydrogens is 647 g/mol. The summed E-state index contributed by atoms with van der Waals surface area (Å²) in [6.45, 7) is 16.3. The van der Waals surface area contributed by atoms with E-state index in [1.165, 1.54) is 0 Å². The molecule has 1 aromatic heterocycles. The molecule has 2 aliphatic rings. The number of likely N-dealkylation sites (tertiary alicyclic amines) is 1. The van der Waals surface area contributed by atoms with Crippen molar-refractivity contribution < 1.29 is 14.3 Å². The molecular formula is C37H46Cl2N6O3. The topological polar surface area (TPSA) is 99.2 Å². The zero-order valence-corrected chi connectivity index (χ0v) is 30.4. The molecule has 0 unspecified atom stereocenters. The number of nitrogens with zero attached hydrogens (tertiary/aromatic N) is 4. The molecule has 3 aromatic rings. The zero-order valence-electron chi connectivity index (χ0n) is 28.9. The summed E-state index contributed by atoms with van der Waals surface area (Å²) in [5.41, 5.74) is 0.960. The molecule has 1 fully saturated rings. The molecule has 2 atom stereocenters. The van der Waals surface area contributed by atoms with Gasteiger partial charge in [-0.1, -0.05) is 68.2 Å². The molecule has 0 aliphatic carbocycles. The number of nitrogens with one attached hydrogen (secondary N) is 2. The molecule has 2 aromatic carbocycles. The highest BCUT2D eigenvalue weighted by molar-refractivity contribution is 6.30. The Labute approximate surface area is 294 Å². The lowest BCUT2D eigenvalue weighted by molar-refractivity contribution is 0.128. The van der Waals surface area contributed by atoms with Crippen LogP contribution in [0.4, 0.5) is 9.59 Å². The van der Waals surface area contributed by atoms with Gasteiger partial charge in [-0.2, -0.15) is 0 Å². The van der Waals surface area contributed by atoms with E-state index in [9.17, 15) is 9.59 Å². The van der Waals surface area contributed by atoms with Crippen LogP contribution >= 0.6 is 23.2 Å². The number of piperidine rings is 1. The van der Waals surface area contributed by atoms with Crippen LogP contribution in [0.25, 0.3) is 0 Å². The minimum atomic E-state index is -1.04. The molecule has 2 aliphatic heterocycles. The van der Waals surface area contributed by atoms with Gasteiger partial charge >= 0.3 is 12.1 Å². The maximum absolute atomic E-state index is 14.9. The smallest absolute Gasteiger partial charge is 0.324 e. The lowest BCUT2D eigenvalue weighted by Gasteiger charge is -2.46. The summed E-state index contributed by atoms with van der Waals surface area (Å²) in [6.07, 6.45) is 3.02. The Kier molecular flexibility index (Phi) is 10.3. The van der Waals surface area contributed by atoms with Crippen molar-refractivity contribution in [3.05, 3.63) is 93.2 Å². The Balaban J connectivity index is 1.66. The number of amidine groups is 1. The van der Waals surface area contributed by atoms with Crippen LogP contribution in [-0.4, -0.2) is 65.0 Å². The minimum Gasteiger partial charge on any atom is -0.493 e. The number of pyridine rings is 1. The molecule has 2 N–H and O–H groups in total. The Morgan fingerprint density at radius 1 is 0.938 bits per heavy atom. The van der Waals surface area contributed by atoms with E-state index in [4.69, 9.17) is 37.9 Å². The predicted molar refractivity (Wildman–Crippen MR) is 192 cm³/mol. The van der Waals surface area contributed by atoms with E-state index in [0.717, 1.165) is 16.8 Å². The number of urea groups is 2. The lowest BCUT2D eigenvalue weighted by Crippen LogP contribution is -2.59. The van der Waals surface area contributed by atoms with Crippen molar-refractivity contribution >= 4 is 41.1 Å². The third kappa shape index (κ3) is 6.72. The number of carbonyl (C=O) groups is 2. The van der Waals surface area contributed by atoms with Crippen LogP contribution in [-0.2, 0) is 16.5 Å². The molecule has 0 spiro atoms. The number of halogens is 2. The zero-order chi connectivity index (χ0) is 34.9. The maximum atomic E-state index is 14.9. The summed E-state index contributed by atoms with van der Waals surface area (Å²) in [5.74, 6) is 1.04. The summed E-state index contributed by atoms with van der Waals surface area (Å²) >= 11 is 12.7. The number of hydrogen-bond acceptors (Lipinski definition) is 5. The molecule has 4 amide bonds. The van der Waals surface area contributed by atoms with Gasteiger partial charge in [0.15, 0.2) is 0 Å². The van der Waals surface area contributed by atoms with Gasteiger partial charge in [0.25, 0.3) is 0 Å². The van der Waals surface area contributed by atoms with Gasteiger partial charge in [-0.15, -0.1) is 0 Å². The van der Waals surface area contributed by atoms with Gasteiger partial charge < -0.3 is 20.3 Å². The fourth-order valence-corrected chi connectivity index (χ4v) is 6.86. The van der Waals surface area contributed by atoms with Crippen molar-refractivity contribution in [2.24, 2.45) is 4.99 Å². The van der Waals surface area contributed by atoms with Crippen LogP contribution in [0.3, 0.4) is 0 Å². The summed E-state index contributed by atoms with van der Waals surface area (Å²) in [7, 11) is 0. The molecule has 48 heavy (non-hydrogen) atoms. The summed E-state index contributed by atoms with van der Waals surface area (Å²) in [5, 5.41) is 7.37. The molecule has 3 heterocycles. The average Bonchev–Trinajstić information content (AvgIpc) is 3.29. The largest absolute Gasteiger partial charge is 0.493 e. The normalized spacial score (nSPS) is 21.6. The number of aliphatic imine (C=N–C) groups is 1. The van der Waals surface area contributed by atoms with Gasteiger partial charge in [0, 0.05) is 59.1 Å². The van der Waals surface area contributed by atoms with Crippen molar-refractivity contribution in [2.75, 3.05) is 26.2 Å². The molecule has 0 radical (unpaired) electrons. The second-order valence-corrected chi connectivity index (χ2v) is 14.6. The Bertz CT molecular complexity index is 1670. The first-order chi connectivity index (χ1) is 22.7. The minimum absolute atomic E-state index is 0.0834. The van der Waals surface area contributed by atoms with Crippen molar-refractivity contribution in [2.45, 2.75) is 83.8 Å². The standard InChI is InChI=1S/C37H46Cl2N6O3/c1-8-40-33(46)44-20-18-28(19-21-44)42-34(47)45-32(29-23-41-31(35(3,4)5)22-30(29)48-9-2)43-36(6,24-10-14-26(38)15-11-24)37(45,7)25-12-16-27(39)17-13-25/h10-17,22-23,28H,8-9,18-21H2,1-7H3,(H,40,46)(H,42,47)/t36-,37+/m0/s1. The Hall–Kier alpha value is -3.82. The fourth-order valence-electron chi connectivity index (χ4n) is 6.60. The molecule has 1 saturated heterocycles. The number of ether oxygens (including phenoxy) is 1. The summed E-state index contributed by atoms with van der Waals surface area (Å²) in [4.78, 5) is 41.2. The van der Waals surface area contributed by atoms with Crippen LogP contribution in [0.2, 0.25) is 10.0 Å². The molecule has 5 rings (SSSR count). The molecule has 11 heteroatoms. The van der Waals surface area contributed by atoms with E-state index < -0.39 is 11.1 Å². The van der Waals surface area contributed by atoms with Gasteiger partial charge in [-0.25, -0.2) is 9.59 Å². The van der Waals surface area contributed by atoms with E-state index in [-0.39, 0.29) is 23.5 Å². The number of benzene rings is 2. The predicted octanol–water partition coefficient (Wildman–Crippen LogP) is 7.88. The molecule has 256 valence electrons. The van der Waals surface area contributed by atoms with Crippen LogP contribution in [0.5, 0.6) is 5.75 Å². The van der Waals surface area contributed by atoms with E-state index in [2.05, 4.69) is 31.4 Å². The van der Waals surface area contributed by atoms with Gasteiger partial charge in [-0.3, -0.25) is 14.9 Å². The SMILES string of the molecule is CCNC(=O)N1CCC(NC(=O)N2C(c3cnc(C(C)(C)C)cc3OCC)=N[C@@](C)(c3ccc(Cl)cc3)[C@@]2(C)c2ccc(Cl)cc2)CC1. The highest BCUT2D eigenvalue weighted by Crippen LogP contribution is 2.53. The van der Waals surface area contributed by atoms with E-state index >= 15 is 0 Å². The van der Waals surface area contributed by atoms with Crippen molar-refractivity contribution in [3.8, 4) is 5.75 Å². The molecule has 9 nitrogen and oxygen atoms in total. The number of rotatable bonds is 7. The third-order valence-corrected chi connectivity index (χ3v) is 10.1. The van der Waals surface area contributed by atoms with Gasteiger partial charge in [-0.05, 0) is 75.9 Å². The van der Waals surface area contributed by atoms with Crippen LogP contribution in [0.1, 0.15) is 83.7 Å². The summed E-state index contributed by atoms with van der Waals surface area (Å²) < 4.78 is 6.24. The highest BCUT2D eigenvalue weighted by Gasteiger charge is 2.60. The van der Waals surface area contributed by atoms with Crippen molar-refractivity contribution in [3.63, 3.8) is 0 Å². The monoisotopic (exact) mass is 692 g/mol. The quantitative estimate of drug-likeness (QED) is 0.263. The maximum Gasteiger partial charge on any atom is 0.324 e. The van der Waals surface area contributed by atoms with E-state index in [1.54, 1.807) is 16.0 Å². The third-order valence-electron chi connectivity index (χ3n) is 9.57. The first kappa shape index (κ1) is 35.5. The van der Waals surface area contributed by atoms with Crippen LogP contribution in [0.15, 0.2) is 65.8 Å². The molecule has 0 saturated carbocycles. The highest BCUT2D eigenvalue weighted by atomic mass is 35.5. The molecule has 0 bridgehead atoms. The first-order valence-electron chi connectivity index (χ1n) is 16.6. The first-order valence-corrected chi connectivity index (χ1v) is 17.4. The van der Waals surface area contributed by atoms with Crippen molar-refractivity contribution in [1.29, 1.82) is 0 Å². The Morgan fingerprint density at radius 3 is 2.06 bits per heavy atom. The van der Waals surface area contributed by atoms with E-state index in [1.807, 2.05) is 82.3 Å². The van der Waals surface area contributed by atoms with Gasteiger partial charge in [0.1, 0.15) is 22.7 Å². The number of carbonyl (C=O) groups excluding carboxylic acids is 2. The summed E-state index contributed by atoms with van der Waals surface area (Å²) in [6, 6.07) is 16.6. The lowest BCUT2D eigenvalue weighted by atomic mass is 9.71. The Morgan fingerprint density at radius 2 is 1.52 bits per heavy atom. The van der Waals surface area contributed by atoms with Gasteiger partial charge in [0.2, 0.25) is 0 Å². The number of amides is 4. The fraction of sp³-hybridized carbons (Fsp3) is 0.459. The van der Waals surface area contributed by atoms with Crippen LogP contribution in [0, 0.1) is 0 Å².